The molecule has 2 aliphatic heterocycles. The van der Waals surface area contributed by atoms with E-state index in [2.05, 4.69) is 9.98 Å². The van der Waals surface area contributed by atoms with Crippen LogP contribution in [0.5, 0.6) is 5.75 Å². The van der Waals surface area contributed by atoms with Gasteiger partial charge in [-0.15, -0.1) is 17.0 Å². The van der Waals surface area contributed by atoms with Crippen molar-refractivity contribution in [1.82, 2.24) is 5.06 Å². The highest BCUT2D eigenvalue weighted by atomic mass is 79.9. The molecule has 8 nitrogen and oxygen atoms in total. The van der Waals surface area contributed by atoms with Gasteiger partial charge in [-0.25, -0.2) is 4.99 Å². The number of nitrogens with two attached hydrogens (primary N) is 2. The van der Waals surface area contributed by atoms with Crippen molar-refractivity contribution < 1.29 is 14.3 Å². The average molecular weight is 449 g/mol. The van der Waals surface area contributed by atoms with Crippen LogP contribution >= 0.6 is 28.6 Å². The summed E-state index contributed by atoms with van der Waals surface area (Å²) >= 11 is 6.05. The minimum atomic E-state index is -0.641. The fourth-order valence-corrected chi connectivity index (χ4v) is 3.01. The van der Waals surface area contributed by atoms with Crippen LogP contribution in [0.3, 0.4) is 0 Å². The average Bonchev–Trinajstić information content (AvgIpc) is 2.59. The summed E-state index contributed by atoms with van der Waals surface area (Å²) in [6.45, 7) is 2.01. The molecule has 0 unspecified atom stereocenters. The number of hydroxylamine groups is 2. The molecule has 144 valence electrons. The Balaban J connectivity index is 0.00000243. The van der Waals surface area contributed by atoms with Gasteiger partial charge in [0, 0.05) is 19.3 Å². The minimum Gasteiger partial charge on any atom is -0.492 e. The Labute approximate surface area is 167 Å². The van der Waals surface area contributed by atoms with Gasteiger partial charge in [-0.2, -0.15) is 10.1 Å². The molecule has 0 aromatic heterocycles. The minimum absolute atomic E-state index is 0. The van der Waals surface area contributed by atoms with E-state index in [1.807, 2.05) is 18.2 Å². The number of guanidine groups is 2. The Morgan fingerprint density at radius 1 is 1.19 bits per heavy atom. The van der Waals surface area contributed by atoms with Gasteiger partial charge in [0.15, 0.2) is 5.66 Å². The SMILES string of the molecule is Br.NC1=NC2(CCOCC2)N(OCCCOc2ccccc2Cl)C(N)=N1. The molecule has 26 heavy (non-hydrogen) atoms. The predicted octanol–water partition coefficient (Wildman–Crippen LogP) is 2.07. The highest BCUT2D eigenvalue weighted by Gasteiger charge is 2.43. The lowest BCUT2D eigenvalue weighted by Crippen LogP contribution is -2.59. The first-order valence-corrected chi connectivity index (χ1v) is 8.56. The van der Waals surface area contributed by atoms with E-state index < -0.39 is 5.66 Å². The van der Waals surface area contributed by atoms with Crippen LogP contribution in [0.1, 0.15) is 19.3 Å². The molecular formula is C16H23BrClN5O3. The summed E-state index contributed by atoms with van der Waals surface area (Å²) in [5.74, 6) is 1.03. The molecule has 0 radical (unpaired) electrons. The van der Waals surface area contributed by atoms with Crippen molar-refractivity contribution in [3.05, 3.63) is 29.3 Å². The van der Waals surface area contributed by atoms with Gasteiger partial charge < -0.3 is 20.9 Å². The van der Waals surface area contributed by atoms with Gasteiger partial charge >= 0.3 is 0 Å². The second-order valence-corrected chi connectivity index (χ2v) is 6.20. The van der Waals surface area contributed by atoms with Crippen LogP contribution in [0.2, 0.25) is 5.02 Å². The molecular weight excluding hydrogens is 426 g/mol. The quantitative estimate of drug-likeness (QED) is 0.645. The standard InChI is InChI=1S/C16H22ClN5O3.BrH/c17-12-4-1-2-5-13(12)24-8-3-9-25-22-15(19)20-14(18)21-16(22)6-10-23-11-7-16;/h1-2,4-5H,3,6-11H2,(H4,18,19,20,21);1H. The van der Waals surface area contributed by atoms with Crippen LogP contribution in [0.15, 0.2) is 34.3 Å². The zero-order valence-corrected chi connectivity index (χ0v) is 16.7. The lowest BCUT2D eigenvalue weighted by Gasteiger charge is -2.43. The molecule has 4 N–H and O–H groups in total. The molecule has 3 rings (SSSR count). The maximum atomic E-state index is 6.05. The second kappa shape index (κ2) is 9.40. The summed E-state index contributed by atoms with van der Waals surface area (Å²) in [4.78, 5) is 14.3. The van der Waals surface area contributed by atoms with Crippen molar-refractivity contribution >= 4 is 40.5 Å². The largest absolute Gasteiger partial charge is 0.492 e. The number of halogens is 2. The van der Waals surface area contributed by atoms with E-state index in [0.29, 0.717) is 56.5 Å². The number of hydrogen-bond donors (Lipinski definition) is 2. The van der Waals surface area contributed by atoms with E-state index in [4.69, 9.17) is 37.4 Å². The van der Waals surface area contributed by atoms with Crippen LogP contribution in [0, 0.1) is 0 Å². The summed E-state index contributed by atoms with van der Waals surface area (Å²) < 4.78 is 11.1. The Hall–Kier alpha value is -1.55. The summed E-state index contributed by atoms with van der Waals surface area (Å²) in [5.41, 5.74) is 11.1. The van der Waals surface area contributed by atoms with E-state index >= 15 is 0 Å². The first kappa shape index (κ1) is 20.8. The highest BCUT2D eigenvalue weighted by Crippen LogP contribution is 2.31. The fraction of sp³-hybridized carbons (Fsp3) is 0.500. The Kier molecular flexibility index (Phi) is 7.51. The van der Waals surface area contributed by atoms with Crippen LogP contribution in [-0.2, 0) is 9.57 Å². The maximum Gasteiger partial charge on any atom is 0.226 e. The summed E-state index contributed by atoms with van der Waals surface area (Å²) in [5, 5.41) is 2.14. The van der Waals surface area contributed by atoms with Crippen LogP contribution in [-0.4, -0.2) is 49.1 Å². The van der Waals surface area contributed by atoms with Gasteiger partial charge in [0.05, 0.1) is 31.5 Å². The molecule has 0 amide bonds. The maximum absolute atomic E-state index is 6.05. The van der Waals surface area contributed by atoms with Crippen molar-refractivity contribution in [1.29, 1.82) is 0 Å². The molecule has 10 heteroatoms. The van der Waals surface area contributed by atoms with Crippen molar-refractivity contribution in [2.75, 3.05) is 26.4 Å². The zero-order chi connectivity index (χ0) is 17.7. The van der Waals surface area contributed by atoms with E-state index in [0.717, 1.165) is 0 Å². The molecule has 1 aromatic rings. The topological polar surface area (TPSA) is 108 Å². The van der Waals surface area contributed by atoms with Crippen LogP contribution < -0.4 is 16.2 Å². The Bertz CT molecular complexity index is 667. The molecule has 2 heterocycles. The number of aliphatic imine (C=N–C) groups is 2. The first-order valence-electron chi connectivity index (χ1n) is 8.18. The molecule has 1 fully saturated rings. The molecule has 0 saturated carbocycles. The number of benzene rings is 1. The molecule has 2 aliphatic rings. The Morgan fingerprint density at radius 2 is 1.92 bits per heavy atom. The summed E-state index contributed by atoms with van der Waals surface area (Å²) in [6, 6.07) is 7.35. The van der Waals surface area contributed by atoms with Crippen molar-refractivity contribution in [3.63, 3.8) is 0 Å². The van der Waals surface area contributed by atoms with Gasteiger partial charge in [0.1, 0.15) is 5.75 Å². The van der Waals surface area contributed by atoms with E-state index in [9.17, 15) is 0 Å². The number of hydrogen-bond acceptors (Lipinski definition) is 8. The van der Waals surface area contributed by atoms with E-state index in [1.165, 1.54) is 0 Å². The highest BCUT2D eigenvalue weighted by molar-refractivity contribution is 8.93. The zero-order valence-electron chi connectivity index (χ0n) is 14.3. The van der Waals surface area contributed by atoms with Crippen molar-refractivity contribution in [2.45, 2.75) is 24.9 Å². The number of ether oxygens (including phenoxy) is 2. The monoisotopic (exact) mass is 447 g/mol. The molecule has 0 bridgehead atoms. The van der Waals surface area contributed by atoms with Gasteiger partial charge in [-0.05, 0) is 12.1 Å². The predicted molar refractivity (Wildman–Crippen MR) is 106 cm³/mol. The lowest BCUT2D eigenvalue weighted by atomic mass is 10.0. The fourth-order valence-electron chi connectivity index (χ4n) is 2.82. The second-order valence-electron chi connectivity index (χ2n) is 5.79. The molecule has 1 saturated heterocycles. The summed E-state index contributed by atoms with van der Waals surface area (Å²) in [7, 11) is 0. The van der Waals surface area contributed by atoms with Crippen molar-refractivity contribution in [3.8, 4) is 5.75 Å². The van der Waals surface area contributed by atoms with E-state index in [-0.39, 0.29) is 28.9 Å². The third kappa shape index (κ3) is 4.79. The van der Waals surface area contributed by atoms with Crippen LogP contribution in [0.25, 0.3) is 0 Å². The third-order valence-corrected chi connectivity index (χ3v) is 4.35. The third-order valence-electron chi connectivity index (χ3n) is 4.03. The van der Waals surface area contributed by atoms with Gasteiger partial charge in [0.25, 0.3) is 0 Å². The number of para-hydroxylation sites is 1. The lowest BCUT2D eigenvalue weighted by molar-refractivity contribution is -0.190. The smallest absolute Gasteiger partial charge is 0.226 e. The van der Waals surface area contributed by atoms with Gasteiger partial charge in [0.2, 0.25) is 11.9 Å². The van der Waals surface area contributed by atoms with Crippen LogP contribution in [0.4, 0.5) is 0 Å². The first-order chi connectivity index (χ1) is 12.1. The number of rotatable bonds is 6. The normalized spacial score (nSPS) is 18.7. The van der Waals surface area contributed by atoms with Gasteiger partial charge in [-0.3, -0.25) is 4.84 Å². The van der Waals surface area contributed by atoms with Gasteiger partial charge in [-0.1, -0.05) is 23.7 Å². The summed E-state index contributed by atoms with van der Waals surface area (Å²) in [6.07, 6.45) is 1.93. The molecule has 1 aromatic carbocycles. The van der Waals surface area contributed by atoms with E-state index in [1.54, 1.807) is 11.1 Å². The molecule has 0 aliphatic carbocycles. The molecule has 0 atom stereocenters. The van der Waals surface area contributed by atoms with Crippen molar-refractivity contribution in [2.24, 2.45) is 21.5 Å². The molecule has 1 spiro atoms. The Morgan fingerprint density at radius 3 is 2.65 bits per heavy atom. The number of nitrogens with zero attached hydrogens (tertiary/aromatic N) is 3.